The van der Waals surface area contributed by atoms with E-state index in [1.165, 1.54) is 23.9 Å². The van der Waals surface area contributed by atoms with Crippen molar-refractivity contribution in [1.29, 1.82) is 0 Å². The topological polar surface area (TPSA) is 99.8 Å². The first-order valence-electron chi connectivity index (χ1n) is 9.32. The number of amides is 2. The summed E-state index contributed by atoms with van der Waals surface area (Å²) >= 11 is 32.4. The third kappa shape index (κ3) is 5.21. The maximum absolute atomic E-state index is 12.9. The van der Waals surface area contributed by atoms with Crippen LogP contribution in [0, 0.1) is 5.92 Å². The Kier molecular flexibility index (Phi) is 7.05. The third-order valence-electron chi connectivity index (χ3n) is 4.94. The quantitative estimate of drug-likeness (QED) is 0.242. The summed E-state index contributed by atoms with van der Waals surface area (Å²) in [5.74, 6) is -2.02. The van der Waals surface area contributed by atoms with Gasteiger partial charge in [0, 0.05) is 21.7 Å². The number of thioether (sulfide) groups is 1. The smallest absolute Gasteiger partial charge is 0.259 e. The molecule has 13 heteroatoms. The SMILES string of the molecule is CSc1n[nH]c(NC(=O)c2cc(NC(=O)[C@@H]3[C@@H](c4cc(Cl)cc(Cl)c4)C3(Cl)Cl)ccc2Cl)n1. The van der Waals surface area contributed by atoms with Crippen LogP contribution in [0.1, 0.15) is 21.8 Å². The highest BCUT2D eigenvalue weighted by Crippen LogP contribution is 2.65. The lowest BCUT2D eigenvalue weighted by Gasteiger charge is -2.09. The van der Waals surface area contributed by atoms with Gasteiger partial charge in [-0.3, -0.25) is 14.9 Å². The fraction of sp³-hybridized carbons (Fsp3) is 0.200. The van der Waals surface area contributed by atoms with Gasteiger partial charge in [0.2, 0.25) is 17.0 Å². The standard InChI is InChI=1S/C20H14Cl5N5O2S/c1-33-19-28-18(29-30-19)27-16(31)12-7-11(2-3-13(12)23)26-17(32)15-14(20(15,24)25)8-4-9(21)6-10(22)5-8/h2-7,14-15H,1H3,(H,26,32)(H2,27,28,29,30,31)/t14-,15+/m1/s1. The fourth-order valence-corrected chi connectivity index (χ4v) is 5.28. The molecule has 2 aromatic carbocycles. The first kappa shape index (κ1) is 24.4. The summed E-state index contributed by atoms with van der Waals surface area (Å²) in [6, 6.07) is 9.42. The number of rotatable bonds is 6. The molecule has 0 bridgehead atoms. The van der Waals surface area contributed by atoms with E-state index in [0.29, 0.717) is 26.5 Å². The van der Waals surface area contributed by atoms with Gasteiger partial charge in [0.05, 0.1) is 16.5 Å². The van der Waals surface area contributed by atoms with Crippen molar-refractivity contribution in [3.63, 3.8) is 0 Å². The Morgan fingerprint density at radius 3 is 2.39 bits per heavy atom. The van der Waals surface area contributed by atoms with Gasteiger partial charge in [0.15, 0.2) is 0 Å². The molecule has 1 fully saturated rings. The predicted molar refractivity (Wildman–Crippen MR) is 133 cm³/mol. The van der Waals surface area contributed by atoms with Gasteiger partial charge in [-0.2, -0.15) is 4.98 Å². The molecule has 0 aliphatic heterocycles. The van der Waals surface area contributed by atoms with Crippen molar-refractivity contribution in [2.45, 2.75) is 15.4 Å². The first-order chi connectivity index (χ1) is 15.6. The molecule has 2 atom stereocenters. The number of halogens is 5. The van der Waals surface area contributed by atoms with Gasteiger partial charge in [-0.25, -0.2) is 5.10 Å². The van der Waals surface area contributed by atoms with Crippen LogP contribution in [-0.2, 0) is 4.79 Å². The van der Waals surface area contributed by atoms with E-state index < -0.39 is 28.0 Å². The van der Waals surface area contributed by atoms with Crippen LogP contribution in [0.3, 0.4) is 0 Å². The van der Waals surface area contributed by atoms with E-state index in [9.17, 15) is 9.59 Å². The molecule has 0 spiro atoms. The number of hydrogen-bond acceptors (Lipinski definition) is 5. The van der Waals surface area contributed by atoms with E-state index in [1.807, 2.05) is 0 Å². The van der Waals surface area contributed by atoms with Crippen LogP contribution in [0.15, 0.2) is 41.6 Å². The highest BCUT2D eigenvalue weighted by molar-refractivity contribution is 7.98. The third-order valence-corrected chi connectivity index (χ3v) is 7.19. The molecular formula is C20H14Cl5N5O2S. The zero-order chi connectivity index (χ0) is 23.9. The number of anilines is 2. The lowest BCUT2D eigenvalue weighted by molar-refractivity contribution is -0.117. The summed E-state index contributed by atoms with van der Waals surface area (Å²) < 4.78 is -1.33. The zero-order valence-corrected chi connectivity index (χ0v) is 21.2. The summed E-state index contributed by atoms with van der Waals surface area (Å²) in [6.07, 6.45) is 1.81. The minimum absolute atomic E-state index is 0.133. The van der Waals surface area contributed by atoms with Crippen molar-refractivity contribution in [2.24, 2.45) is 5.92 Å². The van der Waals surface area contributed by atoms with Gasteiger partial charge >= 0.3 is 0 Å². The molecule has 3 aromatic rings. The predicted octanol–water partition coefficient (Wildman–Crippen LogP) is 6.27. The normalized spacial score (nSPS) is 18.6. The van der Waals surface area contributed by atoms with E-state index in [2.05, 4.69) is 25.8 Å². The summed E-state index contributed by atoms with van der Waals surface area (Å²) in [5.41, 5.74) is 1.13. The van der Waals surface area contributed by atoms with E-state index in [-0.39, 0.29) is 16.5 Å². The number of benzene rings is 2. The van der Waals surface area contributed by atoms with E-state index in [4.69, 9.17) is 58.0 Å². The Hall–Kier alpha value is -1.68. The summed E-state index contributed by atoms with van der Waals surface area (Å²) in [7, 11) is 0. The van der Waals surface area contributed by atoms with Gasteiger partial charge < -0.3 is 5.32 Å². The van der Waals surface area contributed by atoms with Crippen molar-refractivity contribution in [2.75, 3.05) is 16.9 Å². The molecule has 0 saturated heterocycles. The van der Waals surface area contributed by atoms with E-state index in [0.717, 1.165) is 0 Å². The molecule has 7 nitrogen and oxygen atoms in total. The van der Waals surface area contributed by atoms with Gasteiger partial charge in [-0.1, -0.05) is 46.6 Å². The second-order valence-corrected chi connectivity index (χ2v) is 10.6. The first-order valence-corrected chi connectivity index (χ1v) is 12.4. The Morgan fingerprint density at radius 1 is 1.06 bits per heavy atom. The van der Waals surface area contributed by atoms with Crippen LogP contribution in [0.25, 0.3) is 0 Å². The minimum Gasteiger partial charge on any atom is -0.326 e. The highest BCUT2D eigenvalue weighted by atomic mass is 35.5. The fourth-order valence-electron chi connectivity index (χ4n) is 3.39. The molecule has 1 aliphatic rings. The van der Waals surface area contributed by atoms with Crippen molar-refractivity contribution >= 4 is 93.2 Å². The maximum atomic E-state index is 12.9. The van der Waals surface area contributed by atoms with Crippen LogP contribution in [0.2, 0.25) is 15.1 Å². The molecule has 1 saturated carbocycles. The molecule has 0 radical (unpaired) electrons. The number of nitrogens with zero attached hydrogens (tertiary/aromatic N) is 2. The molecule has 172 valence electrons. The minimum atomic E-state index is -1.33. The number of carbonyl (C=O) groups is 2. The molecule has 1 aliphatic carbocycles. The van der Waals surface area contributed by atoms with Crippen molar-refractivity contribution in [3.05, 3.63) is 62.6 Å². The summed E-state index contributed by atoms with van der Waals surface area (Å²) in [4.78, 5) is 29.7. The molecule has 2 amide bonds. The van der Waals surface area contributed by atoms with E-state index in [1.54, 1.807) is 30.5 Å². The second-order valence-electron chi connectivity index (χ2n) is 7.14. The molecule has 3 N–H and O–H groups in total. The number of alkyl halides is 2. The number of hydrogen-bond donors (Lipinski definition) is 3. The Balaban J connectivity index is 1.50. The van der Waals surface area contributed by atoms with Crippen LogP contribution >= 0.6 is 69.8 Å². The number of nitrogens with one attached hydrogen (secondary N) is 3. The van der Waals surface area contributed by atoms with Gasteiger partial charge in [-0.15, -0.1) is 28.3 Å². The Labute approximate surface area is 217 Å². The number of aromatic nitrogens is 3. The molecule has 4 rings (SSSR count). The number of carbonyl (C=O) groups excluding carboxylic acids is 2. The molecule has 0 unspecified atom stereocenters. The van der Waals surface area contributed by atoms with Crippen molar-refractivity contribution < 1.29 is 9.59 Å². The largest absolute Gasteiger partial charge is 0.326 e. The lowest BCUT2D eigenvalue weighted by Crippen LogP contribution is -2.18. The molecule has 1 heterocycles. The summed E-state index contributed by atoms with van der Waals surface area (Å²) in [5, 5.41) is 13.3. The van der Waals surface area contributed by atoms with Crippen LogP contribution in [0.4, 0.5) is 11.6 Å². The highest BCUT2D eigenvalue weighted by Gasteiger charge is 2.67. The molecular weight excluding hydrogens is 552 g/mol. The van der Waals surface area contributed by atoms with E-state index >= 15 is 0 Å². The number of aromatic amines is 1. The summed E-state index contributed by atoms with van der Waals surface area (Å²) in [6.45, 7) is 0. The van der Waals surface area contributed by atoms with Crippen molar-refractivity contribution in [1.82, 2.24) is 15.2 Å². The Bertz CT molecular complexity index is 1230. The lowest BCUT2D eigenvalue weighted by atomic mass is 10.1. The van der Waals surface area contributed by atoms with Gasteiger partial charge in [0.25, 0.3) is 5.91 Å². The average molecular weight is 566 g/mol. The van der Waals surface area contributed by atoms with Crippen LogP contribution < -0.4 is 10.6 Å². The van der Waals surface area contributed by atoms with Gasteiger partial charge in [-0.05, 0) is 48.2 Å². The average Bonchev–Trinajstić information content (AvgIpc) is 3.07. The van der Waals surface area contributed by atoms with Crippen LogP contribution in [-0.4, -0.2) is 37.6 Å². The second kappa shape index (κ2) is 9.52. The molecule has 1 aromatic heterocycles. The zero-order valence-electron chi connectivity index (χ0n) is 16.6. The Morgan fingerprint density at radius 2 is 1.76 bits per heavy atom. The van der Waals surface area contributed by atoms with Crippen molar-refractivity contribution in [3.8, 4) is 0 Å². The maximum Gasteiger partial charge on any atom is 0.259 e. The number of H-pyrrole nitrogens is 1. The monoisotopic (exact) mass is 563 g/mol. The van der Waals surface area contributed by atoms with Gasteiger partial charge in [0.1, 0.15) is 4.33 Å². The van der Waals surface area contributed by atoms with Crippen LogP contribution in [0.5, 0.6) is 0 Å². The molecule has 33 heavy (non-hydrogen) atoms.